The van der Waals surface area contributed by atoms with E-state index in [0.29, 0.717) is 32.2 Å². The summed E-state index contributed by atoms with van der Waals surface area (Å²) in [6.45, 7) is 2.23. The van der Waals surface area contributed by atoms with E-state index >= 15 is 0 Å². The number of amides is 1. The van der Waals surface area contributed by atoms with Gasteiger partial charge in [0.15, 0.2) is 0 Å². The van der Waals surface area contributed by atoms with Crippen molar-refractivity contribution in [1.29, 1.82) is 0 Å². The molecule has 6 heteroatoms. The maximum Gasteiger partial charge on any atom is 0.329 e. The summed E-state index contributed by atoms with van der Waals surface area (Å²) < 4.78 is 0. The molecule has 0 radical (unpaired) electrons. The van der Waals surface area contributed by atoms with E-state index in [2.05, 4.69) is 0 Å². The number of phenols is 2. The number of hydrogen-bond acceptors (Lipinski definition) is 4. The smallest absolute Gasteiger partial charge is 0.329 e. The first-order chi connectivity index (χ1) is 9.92. The Morgan fingerprint density at radius 1 is 1.33 bits per heavy atom. The van der Waals surface area contributed by atoms with E-state index in [1.807, 2.05) is 6.92 Å². The normalized spacial score (nSPS) is 21.5. The molecular formula is C15H19NO5. The predicted molar refractivity (Wildman–Crippen MR) is 75.3 cm³/mol. The van der Waals surface area contributed by atoms with Gasteiger partial charge < -0.3 is 20.2 Å². The molecule has 1 amide bonds. The van der Waals surface area contributed by atoms with E-state index in [9.17, 15) is 24.9 Å². The van der Waals surface area contributed by atoms with Crippen LogP contribution in [0.5, 0.6) is 11.5 Å². The molecule has 0 saturated carbocycles. The predicted octanol–water partition coefficient (Wildman–Crippen LogP) is 1.96. The third-order valence-corrected chi connectivity index (χ3v) is 4.01. The average molecular weight is 293 g/mol. The zero-order valence-corrected chi connectivity index (χ0v) is 11.9. The zero-order chi connectivity index (χ0) is 15.6. The monoisotopic (exact) mass is 293 g/mol. The fraction of sp³-hybridized carbons (Fsp3) is 0.467. The summed E-state index contributed by atoms with van der Waals surface area (Å²) in [6.07, 6.45) is 2.07. The molecule has 2 rings (SSSR count). The molecule has 1 aliphatic heterocycles. The maximum atomic E-state index is 12.6. The Kier molecular flexibility index (Phi) is 4.06. The van der Waals surface area contributed by atoms with Crippen molar-refractivity contribution in [3.63, 3.8) is 0 Å². The maximum absolute atomic E-state index is 12.6. The van der Waals surface area contributed by atoms with Crippen LogP contribution in [0.4, 0.5) is 0 Å². The molecule has 1 heterocycles. The van der Waals surface area contributed by atoms with E-state index in [1.165, 1.54) is 17.0 Å². The molecule has 0 spiro atoms. The summed E-state index contributed by atoms with van der Waals surface area (Å²) in [4.78, 5) is 25.6. The van der Waals surface area contributed by atoms with Crippen LogP contribution in [0.15, 0.2) is 18.2 Å². The van der Waals surface area contributed by atoms with Crippen LogP contribution < -0.4 is 0 Å². The van der Waals surface area contributed by atoms with Crippen LogP contribution in [0.3, 0.4) is 0 Å². The summed E-state index contributed by atoms with van der Waals surface area (Å²) in [5.74, 6) is -2.01. The number of carbonyl (C=O) groups excluding carboxylic acids is 1. The summed E-state index contributed by atoms with van der Waals surface area (Å²) >= 11 is 0. The number of rotatable bonds is 4. The molecule has 1 saturated heterocycles. The van der Waals surface area contributed by atoms with Crippen LogP contribution in [0, 0.1) is 0 Å². The number of aliphatic carboxylic acids is 1. The summed E-state index contributed by atoms with van der Waals surface area (Å²) in [5.41, 5.74) is -1.19. The molecule has 0 aromatic heterocycles. The first-order valence-electron chi connectivity index (χ1n) is 6.99. The molecule has 1 fully saturated rings. The first-order valence-corrected chi connectivity index (χ1v) is 6.99. The van der Waals surface area contributed by atoms with E-state index < -0.39 is 17.4 Å². The Labute approximate surface area is 122 Å². The van der Waals surface area contributed by atoms with Gasteiger partial charge >= 0.3 is 5.97 Å². The van der Waals surface area contributed by atoms with Gasteiger partial charge in [-0.1, -0.05) is 13.3 Å². The molecule has 1 aliphatic rings. The van der Waals surface area contributed by atoms with Gasteiger partial charge in [0.05, 0.1) is 5.56 Å². The van der Waals surface area contributed by atoms with Gasteiger partial charge in [-0.25, -0.2) is 4.79 Å². The van der Waals surface area contributed by atoms with Crippen molar-refractivity contribution < 1.29 is 24.9 Å². The Morgan fingerprint density at radius 3 is 2.62 bits per heavy atom. The van der Waals surface area contributed by atoms with Gasteiger partial charge in [-0.15, -0.1) is 0 Å². The van der Waals surface area contributed by atoms with Gasteiger partial charge in [0.25, 0.3) is 5.91 Å². The van der Waals surface area contributed by atoms with Crippen LogP contribution in [0.1, 0.15) is 43.0 Å². The molecule has 1 unspecified atom stereocenters. The van der Waals surface area contributed by atoms with Gasteiger partial charge in [0.2, 0.25) is 0 Å². The topological polar surface area (TPSA) is 98.1 Å². The van der Waals surface area contributed by atoms with Crippen LogP contribution in [0.25, 0.3) is 0 Å². The number of likely N-dealkylation sites (tertiary alicyclic amines) is 1. The fourth-order valence-corrected chi connectivity index (χ4v) is 3.02. The Balaban J connectivity index is 2.39. The van der Waals surface area contributed by atoms with Gasteiger partial charge in [-0.3, -0.25) is 4.79 Å². The zero-order valence-electron chi connectivity index (χ0n) is 11.9. The lowest BCUT2D eigenvalue weighted by Crippen LogP contribution is -2.53. The number of carboxylic acid groups (broad SMARTS) is 1. The number of carbonyl (C=O) groups is 2. The molecule has 21 heavy (non-hydrogen) atoms. The number of phenolic OH excluding ortho intramolecular Hbond substituents is 2. The van der Waals surface area contributed by atoms with Gasteiger partial charge in [0.1, 0.15) is 17.0 Å². The molecule has 6 nitrogen and oxygen atoms in total. The third-order valence-electron chi connectivity index (χ3n) is 4.01. The largest absolute Gasteiger partial charge is 0.508 e. The molecule has 1 aromatic carbocycles. The lowest BCUT2D eigenvalue weighted by molar-refractivity contribution is -0.148. The van der Waals surface area contributed by atoms with Crippen molar-refractivity contribution in [2.45, 2.75) is 38.1 Å². The number of aromatic hydroxyl groups is 2. The second-order valence-electron chi connectivity index (χ2n) is 5.35. The minimum absolute atomic E-state index is 0.0106. The van der Waals surface area contributed by atoms with Crippen LogP contribution in [-0.4, -0.2) is 44.2 Å². The van der Waals surface area contributed by atoms with E-state index in [0.717, 1.165) is 6.07 Å². The van der Waals surface area contributed by atoms with Gasteiger partial charge in [0, 0.05) is 12.6 Å². The first kappa shape index (κ1) is 15.2. The molecule has 1 atom stereocenters. The van der Waals surface area contributed by atoms with Crippen molar-refractivity contribution in [2.24, 2.45) is 0 Å². The number of hydrogen-bond donors (Lipinski definition) is 3. The molecular weight excluding hydrogens is 274 g/mol. The Hall–Kier alpha value is -2.24. The van der Waals surface area contributed by atoms with Crippen LogP contribution >= 0.6 is 0 Å². The molecule has 0 aliphatic carbocycles. The van der Waals surface area contributed by atoms with Crippen molar-refractivity contribution in [3.8, 4) is 11.5 Å². The number of carboxylic acids is 1. The lowest BCUT2D eigenvalue weighted by atomic mass is 9.90. The fourth-order valence-electron chi connectivity index (χ4n) is 3.02. The highest BCUT2D eigenvalue weighted by atomic mass is 16.4. The van der Waals surface area contributed by atoms with Crippen molar-refractivity contribution in [1.82, 2.24) is 4.90 Å². The van der Waals surface area contributed by atoms with Crippen molar-refractivity contribution >= 4 is 11.9 Å². The highest BCUT2D eigenvalue weighted by Gasteiger charge is 2.49. The highest BCUT2D eigenvalue weighted by Crippen LogP contribution is 2.36. The van der Waals surface area contributed by atoms with Crippen molar-refractivity contribution in [2.75, 3.05) is 6.54 Å². The number of nitrogens with zero attached hydrogens (tertiary/aromatic N) is 1. The SMILES string of the molecule is CCCC1(C(=O)O)CCCN1C(=O)c1ccc(O)cc1O. The highest BCUT2D eigenvalue weighted by molar-refractivity contribution is 6.00. The van der Waals surface area contributed by atoms with Gasteiger partial charge in [-0.05, 0) is 31.4 Å². The minimum Gasteiger partial charge on any atom is -0.508 e. The standard InChI is InChI=1S/C15H19NO5/c1-2-6-15(14(20)21)7-3-8-16(15)13(19)11-5-4-10(17)9-12(11)18/h4-5,9,17-18H,2-3,6-8H2,1H3,(H,20,21). The quantitative estimate of drug-likeness (QED) is 0.788. The second kappa shape index (κ2) is 5.63. The summed E-state index contributed by atoms with van der Waals surface area (Å²) in [6, 6.07) is 3.68. The van der Waals surface area contributed by atoms with E-state index in [1.54, 1.807) is 0 Å². The van der Waals surface area contributed by atoms with Gasteiger partial charge in [-0.2, -0.15) is 0 Å². The van der Waals surface area contributed by atoms with Crippen molar-refractivity contribution in [3.05, 3.63) is 23.8 Å². The molecule has 3 N–H and O–H groups in total. The molecule has 1 aromatic rings. The average Bonchev–Trinajstić information content (AvgIpc) is 2.83. The molecule has 114 valence electrons. The number of benzene rings is 1. The van der Waals surface area contributed by atoms with E-state index in [-0.39, 0.29) is 17.1 Å². The van der Waals surface area contributed by atoms with Crippen LogP contribution in [-0.2, 0) is 4.79 Å². The van der Waals surface area contributed by atoms with E-state index in [4.69, 9.17) is 0 Å². The Morgan fingerprint density at radius 2 is 2.05 bits per heavy atom. The molecule has 0 bridgehead atoms. The minimum atomic E-state index is -1.20. The Bertz CT molecular complexity index is 571. The third kappa shape index (κ3) is 2.53. The van der Waals surface area contributed by atoms with Crippen LogP contribution in [0.2, 0.25) is 0 Å². The summed E-state index contributed by atoms with van der Waals surface area (Å²) in [7, 11) is 0. The summed E-state index contributed by atoms with van der Waals surface area (Å²) in [5, 5.41) is 28.7. The second-order valence-corrected chi connectivity index (χ2v) is 5.35. The lowest BCUT2D eigenvalue weighted by Gasteiger charge is -2.34.